The number of halogens is 1. The molecular formula is C10H16BrN3O. The molecule has 0 unspecified atom stereocenters. The summed E-state index contributed by atoms with van der Waals surface area (Å²) in [7, 11) is 1.69. The fourth-order valence-corrected chi connectivity index (χ4v) is 1.50. The van der Waals surface area contributed by atoms with Gasteiger partial charge in [-0.2, -0.15) is 0 Å². The minimum Gasteiger partial charge on any atom is -0.396 e. The van der Waals surface area contributed by atoms with Gasteiger partial charge in [0.15, 0.2) is 0 Å². The molecule has 1 heterocycles. The van der Waals surface area contributed by atoms with Crippen molar-refractivity contribution in [1.29, 1.82) is 0 Å². The van der Waals surface area contributed by atoms with Crippen LogP contribution in [0.2, 0.25) is 0 Å². The van der Waals surface area contributed by atoms with Crippen molar-refractivity contribution in [3.63, 3.8) is 0 Å². The monoisotopic (exact) mass is 273 g/mol. The number of nitrogens with one attached hydrogen (secondary N) is 1. The molecule has 5 heteroatoms. The van der Waals surface area contributed by atoms with Gasteiger partial charge in [0.1, 0.15) is 0 Å². The Hall–Kier alpha value is -0.810. The highest BCUT2D eigenvalue weighted by Crippen LogP contribution is 2.27. The first-order chi connectivity index (χ1) is 6.96. The van der Waals surface area contributed by atoms with Gasteiger partial charge in [-0.25, -0.2) is 0 Å². The highest BCUT2D eigenvalue weighted by atomic mass is 79.9. The summed E-state index contributed by atoms with van der Waals surface area (Å²) in [5.41, 5.74) is 7.05. The first-order valence-corrected chi connectivity index (χ1v) is 5.43. The highest BCUT2D eigenvalue weighted by Gasteiger charge is 2.17. The molecule has 0 bridgehead atoms. The van der Waals surface area contributed by atoms with Gasteiger partial charge < -0.3 is 15.8 Å². The Kier molecular flexibility index (Phi) is 3.93. The van der Waals surface area contributed by atoms with E-state index in [0.29, 0.717) is 12.2 Å². The maximum Gasteiger partial charge on any atom is 0.0794 e. The van der Waals surface area contributed by atoms with E-state index in [1.165, 1.54) is 0 Å². The standard InChI is InChI=1S/C10H16BrN3O/c1-10(2,15-3)6-14-9-7(11)4-13-5-8(9)12/h4-5H,6,12H2,1-3H3,(H,13,14). The first-order valence-electron chi connectivity index (χ1n) is 4.64. The number of nitrogen functional groups attached to an aromatic ring is 1. The van der Waals surface area contributed by atoms with Crippen molar-refractivity contribution in [3.8, 4) is 0 Å². The lowest BCUT2D eigenvalue weighted by Crippen LogP contribution is -2.32. The second-order valence-electron chi connectivity index (χ2n) is 3.90. The zero-order chi connectivity index (χ0) is 11.5. The molecule has 0 aromatic carbocycles. The van der Waals surface area contributed by atoms with Gasteiger partial charge in [0, 0.05) is 19.9 Å². The summed E-state index contributed by atoms with van der Waals surface area (Å²) in [5.74, 6) is 0. The Morgan fingerprint density at radius 2 is 2.20 bits per heavy atom. The lowest BCUT2D eigenvalue weighted by Gasteiger charge is -2.24. The van der Waals surface area contributed by atoms with Gasteiger partial charge in [0.25, 0.3) is 0 Å². The Bertz CT molecular complexity index is 321. The molecule has 0 radical (unpaired) electrons. The maximum absolute atomic E-state index is 5.80. The molecule has 4 nitrogen and oxygen atoms in total. The van der Waals surface area contributed by atoms with Gasteiger partial charge in [0.2, 0.25) is 0 Å². The van der Waals surface area contributed by atoms with Crippen LogP contribution in [0, 0.1) is 0 Å². The minimum atomic E-state index is -0.227. The largest absolute Gasteiger partial charge is 0.396 e. The molecule has 1 aromatic heterocycles. The van der Waals surface area contributed by atoms with E-state index in [4.69, 9.17) is 10.5 Å². The van der Waals surface area contributed by atoms with Crippen LogP contribution in [0.1, 0.15) is 13.8 Å². The van der Waals surface area contributed by atoms with Gasteiger partial charge in [-0.15, -0.1) is 0 Å². The van der Waals surface area contributed by atoms with Crippen LogP contribution in [0.25, 0.3) is 0 Å². The summed E-state index contributed by atoms with van der Waals surface area (Å²) in [5, 5.41) is 3.24. The van der Waals surface area contributed by atoms with Crippen molar-refractivity contribution in [1.82, 2.24) is 4.98 Å². The number of pyridine rings is 1. The predicted molar refractivity (Wildman–Crippen MR) is 65.9 cm³/mol. The lowest BCUT2D eigenvalue weighted by molar-refractivity contribution is 0.0344. The van der Waals surface area contributed by atoms with Crippen molar-refractivity contribution in [3.05, 3.63) is 16.9 Å². The molecule has 0 saturated heterocycles. The fraction of sp³-hybridized carbons (Fsp3) is 0.500. The van der Waals surface area contributed by atoms with Crippen LogP contribution in [0.3, 0.4) is 0 Å². The van der Waals surface area contributed by atoms with E-state index >= 15 is 0 Å². The Labute approximate surface area is 98.3 Å². The molecule has 0 amide bonds. The van der Waals surface area contributed by atoms with E-state index in [-0.39, 0.29) is 5.60 Å². The van der Waals surface area contributed by atoms with Gasteiger partial charge in [-0.1, -0.05) is 0 Å². The summed E-state index contributed by atoms with van der Waals surface area (Å²) in [4.78, 5) is 3.97. The van der Waals surface area contributed by atoms with E-state index in [1.54, 1.807) is 19.5 Å². The van der Waals surface area contributed by atoms with Crippen LogP contribution >= 0.6 is 15.9 Å². The quantitative estimate of drug-likeness (QED) is 0.884. The predicted octanol–water partition coefficient (Wildman–Crippen LogP) is 2.26. The van der Waals surface area contributed by atoms with Crippen molar-refractivity contribution in [2.24, 2.45) is 0 Å². The topological polar surface area (TPSA) is 60.2 Å². The Balaban J connectivity index is 2.73. The van der Waals surface area contributed by atoms with E-state index in [1.807, 2.05) is 13.8 Å². The van der Waals surface area contributed by atoms with E-state index in [0.717, 1.165) is 10.2 Å². The molecule has 1 rings (SSSR count). The first kappa shape index (κ1) is 12.3. The Morgan fingerprint density at radius 3 is 2.73 bits per heavy atom. The summed E-state index contributed by atoms with van der Waals surface area (Å²) in [6.07, 6.45) is 3.32. The van der Waals surface area contributed by atoms with Crippen LogP contribution in [-0.4, -0.2) is 24.2 Å². The van der Waals surface area contributed by atoms with E-state index in [2.05, 4.69) is 26.2 Å². The van der Waals surface area contributed by atoms with Crippen LogP contribution in [-0.2, 0) is 4.74 Å². The smallest absolute Gasteiger partial charge is 0.0794 e. The van der Waals surface area contributed by atoms with Crippen LogP contribution in [0.5, 0.6) is 0 Å². The van der Waals surface area contributed by atoms with Crippen molar-refractivity contribution < 1.29 is 4.74 Å². The minimum absolute atomic E-state index is 0.227. The summed E-state index contributed by atoms with van der Waals surface area (Å²) in [6, 6.07) is 0. The fourth-order valence-electron chi connectivity index (χ4n) is 1.01. The van der Waals surface area contributed by atoms with Crippen LogP contribution in [0.15, 0.2) is 16.9 Å². The van der Waals surface area contributed by atoms with Gasteiger partial charge in [-0.3, -0.25) is 4.98 Å². The molecule has 0 aliphatic rings. The molecule has 84 valence electrons. The number of methoxy groups -OCH3 is 1. The molecule has 0 aliphatic heterocycles. The number of aromatic nitrogens is 1. The normalized spacial score (nSPS) is 11.5. The van der Waals surface area contributed by atoms with Crippen LogP contribution in [0.4, 0.5) is 11.4 Å². The third-order valence-electron chi connectivity index (χ3n) is 2.17. The van der Waals surface area contributed by atoms with E-state index in [9.17, 15) is 0 Å². The van der Waals surface area contributed by atoms with Crippen molar-refractivity contribution >= 4 is 27.3 Å². The maximum atomic E-state index is 5.80. The average molecular weight is 274 g/mol. The van der Waals surface area contributed by atoms with Crippen molar-refractivity contribution in [2.45, 2.75) is 19.4 Å². The molecule has 3 N–H and O–H groups in total. The highest BCUT2D eigenvalue weighted by molar-refractivity contribution is 9.10. The molecule has 15 heavy (non-hydrogen) atoms. The average Bonchev–Trinajstić information content (AvgIpc) is 2.17. The molecule has 0 aliphatic carbocycles. The van der Waals surface area contributed by atoms with Gasteiger partial charge in [-0.05, 0) is 29.8 Å². The summed E-state index contributed by atoms with van der Waals surface area (Å²) >= 11 is 3.39. The molecule has 1 aromatic rings. The number of hydrogen-bond donors (Lipinski definition) is 2. The number of nitrogens with two attached hydrogens (primary N) is 1. The third kappa shape index (κ3) is 3.35. The third-order valence-corrected chi connectivity index (χ3v) is 2.77. The second-order valence-corrected chi connectivity index (χ2v) is 4.76. The lowest BCUT2D eigenvalue weighted by atomic mass is 10.1. The molecule has 0 saturated carbocycles. The number of rotatable bonds is 4. The number of nitrogens with zero attached hydrogens (tertiary/aromatic N) is 1. The molecule has 0 spiro atoms. The summed E-state index contributed by atoms with van der Waals surface area (Å²) in [6.45, 7) is 4.69. The molecule has 0 fully saturated rings. The zero-order valence-electron chi connectivity index (χ0n) is 9.17. The second kappa shape index (κ2) is 4.81. The summed E-state index contributed by atoms with van der Waals surface area (Å²) < 4.78 is 6.16. The van der Waals surface area contributed by atoms with E-state index < -0.39 is 0 Å². The number of anilines is 2. The van der Waals surface area contributed by atoms with Gasteiger partial charge in [0.05, 0.1) is 27.6 Å². The van der Waals surface area contributed by atoms with Crippen molar-refractivity contribution in [2.75, 3.05) is 24.7 Å². The SMILES string of the molecule is COC(C)(C)CNc1c(N)cncc1Br. The molecule has 0 atom stereocenters. The van der Waals surface area contributed by atoms with Gasteiger partial charge >= 0.3 is 0 Å². The van der Waals surface area contributed by atoms with Crippen LogP contribution < -0.4 is 11.1 Å². The Morgan fingerprint density at radius 1 is 1.53 bits per heavy atom. The number of ether oxygens (including phenoxy) is 1. The zero-order valence-corrected chi connectivity index (χ0v) is 10.8. The number of hydrogen-bond acceptors (Lipinski definition) is 4. The molecular weight excluding hydrogens is 258 g/mol.